The Morgan fingerprint density at radius 3 is 2.52 bits per heavy atom. The normalized spacial score (nSPS) is 13.5. The van der Waals surface area contributed by atoms with Crippen LogP contribution in [-0.2, 0) is 0 Å². The molecule has 5 rings (SSSR count). The van der Waals surface area contributed by atoms with Crippen molar-refractivity contribution in [2.24, 2.45) is 0 Å². The van der Waals surface area contributed by atoms with E-state index in [0.29, 0.717) is 13.2 Å². The van der Waals surface area contributed by atoms with E-state index in [-0.39, 0.29) is 0 Å². The molecule has 0 radical (unpaired) electrons. The summed E-state index contributed by atoms with van der Waals surface area (Å²) < 4.78 is 11.4. The van der Waals surface area contributed by atoms with Gasteiger partial charge >= 0.3 is 0 Å². The molecule has 1 aliphatic rings. The topological polar surface area (TPSA) is 60.0 Å². The number of ether oxygens (including phenoxy) is 2. The number of nitrogens with zero attached hydrogens (tertiary/aromatic N) is 2. The Balaban J connectivity index is 1.75. The van der Waals surface area contributed by atoms with E-state index in [1.54, 1.807) is 0 Å². The number of hydrogen-bond acceptors (Lipinski definition) is 4. The SMILES string of the molecule is Cc1ccc(-c2n[nH]c3c2cnc2cc4c(cc23)OCCO4)cc1C. The van der Waals surface area contributed by atoms with Crippen LogP contribution in [0.4, 0.5) is 0 Å². The van der Waals surface area contributed by atoms with Crippen LogP contribution in [0, 0.1) is 13.8 Å². The summed E-state index contributed by atoms with van der Waals surface area (Å²) in [6.45, 7) is 5.37. The number of fused-ring (bicyclic) bond motifs is 4. The standard InChI is InChI=1S/C20H17N3O2/c1-11-3-4-13(7-12(11)2)19-15-10-21-16-9-18-17(24-5-6-25-18)8-14(16)20(15)23-22-19/h3-4,7-10H,5-6H2,1-2H3,(H,22,23). The first-order valence-corrected chi connectivity index (χ1v) is 8.35. The summed E-state index contributed by atoms with van der Waals surface area (Å²) in [4.78, 5) is 4.62. The molecule has 0 aliphatic carbocycles. The summed E-state index contributed by atoms with van der Waals surface area (Å²) in [5.74, 6) is 1.51. The first-order chi connectivity index (χ1) is 12.2. The zero-order valence-electron chi connectivity index (χ0n) is 14.1. The Bertz CT molecular complexity index is 1130. The summed E-state index contributed by atoms with van der Waals surface area (Å²) in [6, 6.07) is 10.3. The van der Waals surface area contributed by atoms with E-state index in [1.165, 1.54) is 11.1 Å². The van der Waals surface area contributed by atoms with Crippen molar-refractivity contribution < 1.29 is 9.47 Å². The maximum Gasteiger partial charge on any atom is 0.163 e. The second-order valence-corrected chi connectivity index (χ2v) is 6.43. The molecule has 25 heavy (non-hydrogen) atoms. The lowest BCUT2D eigenvalue weighted by molar-refractivity contribution is 0.172. The van der Waals surface area contributed by atoms with Gasteiger partial charge in [0.2, 0.25) is 0 Å². The maximum atomic E-state index is 5.71. The van der Waals surface area contributed by atoms with Crippen molar-refractivity contribution in [2.75, 3.05) is 13.2 Å². The lowest BCUT2D eigenvalue weighted by Crippen LogP contribution is -2.15. The molecule has 1 aliphatic heterocycles. The average Bonchev–Trinajstić information content (AvgIpc) is 3.07. The van der Waals surface area contributed by atoms with Crippen molar-refractivity contribution >= 4 is 21.8 Å². The molecule has 0 unspecified atom stereocenters. The third-order valence-corrected chi connectivity index (χ3v) is 4.85. The van der Waals surface area contributed by atoms with E-state index in [1.807, 2.05) is 18.3 Å². The van der Waals surface area contributed by atoms with Crippen LogP contribution in [-0.4, -0.2) is 28.4 Å². The number of H-pyrrole nitrogens is 1. The number of nitrogens with one attached hydrogen (secondary N) is 1. The van der Waals surface area contributed by atoms with Gasteiger partial charge < -0.3 is 9.47 Å². The molecule has 0 saturated carbocycles. The Labute approximate surface area is 144 Å². The van der Waals surface area contributed by atoms with Gasteiger partial charge in [-0.05, 0) is 37.1 Å². The molecule has 1 N–H and O–H groups in total. The van der Waals surface area contributed by atoms with Gasteiger partial charge in [0.25, 0.3) is 0 Å². The zero-order chi connectivity index (χ0) is 17.0. The van der Waals surface area contributed by atoms with E-state index >= 15 is 0 Å². The Hall–Kier alpha value is -3.08. The molecule has 3 heterocycles. The number of aromatic amines is 1. The van der Waals surface area contributed by atoms with Crippen molar-refractivity contribution in [3.8, 4) is 22.8 Å². The Morgan fingerprint density at radius 2 is 1.72 bits per heavy atom. The van der Waals surface area contributed by atoms with Gasteiger partial charge in [0.15, 0.2) is 11.5 Å². The number of hydrogen-bond donors (Lipinski definition) is 1. The fourth-order valence-corrected chi connectivity index (χ4v) is 3.31. The number of pyridine rings is 1. The predicted molar refractivity (Wildman–Crippen MR) is 97.3 cm³/mol. The summed E-state index contributed by atoms with van der Waals surface area (Å²) in [5.41, 5.74) is 6.37. The first kappa shape index (κ1) is 14.3. The predicted octanol–water partition coefficient (Wildman–Crippen LogP) is 4.17. The fraction of sp³-hybridized carbons (Fsp3) is 0.200. The minimum atomic E-state index is 0.568. The number of aromatic nitrogens is 3. The third kappa shape index (κ3) is 2.16. The number of benzene rings is 2. The monoisotopic (exact) mass is 331 g/mol. The van der Waals surface area contributed by atoms with Crippen molar-refractivity contribution in [2.45, 2.75) is 13.8 Å². The van der Waals surface area contributed by atoms with Crippen LogP contribution in [0.5, 0.6) is 11.5 Å². The smallest absolute Gasteiger partial charge is 0.163 e. The van der Waals surface area contributed by atoms with Gasteiger partial charge in [0.1, 0.15) is 18.9 Å². The molecule has 124 valence electrons. The molecule has 2 aromatic carbocycles. The van der Waals surface area contributed by atoms with Gasteiger partial charge in [-0.15, -0.1) is 0 Å². The van der Waals surface area contributed by atoms with Crippen LogP contribution >= 0.6 is 0 Å². The van der Waals surface area contributed by atoms with Gasteiger partial charge in [0, 0.05) is 28.6 Å². The van der Waals surface area contributed by atoms with Gasteiger partial charge in [-0.1, -0.05) is 12.1 Å². The highest BCUT2D eigenvalue weighted by molar-refractivity contribution is 6.08. The summed E-state index contributed by atoms with van der Waals surface area (Å²) >= 11 is 0. The van der Waals surface area contributed by atoms with Gasteiger partial charge in [-0.25, -0.2) is 0 Å². The minimum Gasteiger partial charge on any atom is -0.486 e. The fourth-order valence-electron chi connectivity index (χ4n) is 3.31. The van der Waals surface area contributed by atoms with Crippen molar-refractivity contribution in [3.05, 3.63) is 47.7 Å². The Morgan fingerprint density at radius 1 is 0.920 bits per heavy atom. The molecular formula is C20H17N3O2. The van der Waals surface area contributed by atoms with E-state index < -0.39 is 0 Å². The summed E-state index contributed by atoms with van der Waals surface area (Å²) in [5, 5.41) is 9.74. The summed E-state index contributed by atoms with van der Waals surface area (Å²) in [6.07, 6.45) is 1.88. The van der Waals surface area contributed by atoms with E-state index in [2.05, 4.69) is 47.2 Å². The molecule has 0 amide bonds. The lowest BCUT2D eigenvalue weighted by Gasteiger charge is -2.18. The summed E-state index contributed by atoms with van der Waals surface area (Å²) in [7, 11) is 0. The lowest BCUT2D eigenvalue weighted by atomic mass is 10.0. The molecule has 2 aromatic heterocycles. The molecule has 0 atom stereocenters. The third-order valence-electron chi connectivity index (χ3n) is 4.85. The van der Waals surface area contributed by atoms with Crippen LogP contribution in [0.1, 0.15) is 11.1 Å². The highest BCUT2D eigenvalue weighted by Crippen LogP contribution is 2.37. The molecule has 4 aromatic rings. The Kier molecular flexibility index (Phi) is 2.98. The first-order valence-electron chi connectivity index (χ1n) is 8.35. The van der Waals surface area contributed by atoms with Gasteiger partial charge in [-0.3, -0.25) is 10.1 Å². The molecular weight excluding hydrogens is 314 g/mol. The zero-order valence-corrected chi connectivity index (χ0v) is 14.1. The van der Waals surface area contributed by atoms with Gasteiger partial charge in [-0.2, -0.15) is 5.10 Å². The minimum absolute atomic E-state index is 0.568. The van der Waals surface area contributed by atoms with Crippen LogP contribution in [0.25, 0.3) is 33.1 Å². The molecule has 5 nitrogen and oxygen atoms in total. The second-order valence-electron chi connectivity index (χ2n) is 6.43. The quantitative estimate of drug-likeness (QED) is 0.569. The largest absolute Gasteiger partial charge is 0.486 e. The van der Waals surface area contributed by atoms with Crippen LogP contribution in [0.15, 0.2) is 36.5 Å². The van der Waals surface area contributed by atoms with Crippen molar-refractivity contribution in [1.29, 1.82) is 0 Å². The average molecular weight is 331 g/mol. The van der Waals surface area contributed by atoms with Crippen LogP contribution in [0.2, 0.25) is 0 Å². The van der Waals surface area contributed by atoms with E-state index in [4.69, 9.17) is 9.47 Å². The van der Waals surface area contributed by atoms with E-state index in [9.17, 15) is 0 Å². The molecule has 0 spiro atoms. The molecule has 0 saturated heterocycles. The maximum absolute atomic E-state index is 5.71. The molecule has 5 heteroatoms. The van der Waals surface area contributed by atoms with Crippen molar-refractivity contribution in [3.63, 3.8) is 0 Å². The second kappa shape index (κ2) is 5.21. The van der Waals surface area contributed by atoms with Crippen molar-refractivity contribution in [1.82, 2.24) is 15.2 Å². The molecule has 0 bridgehead atoms. The number of aryl methyl sites for hydroxylation is 2. The van der Waals surface area contributed by atoms with Crippen LogP contribution < -0.4 is 9.47 Å². The van der Waals surface area contributed by atoms with E-state index in [0.717, 1.165) is 44.6 Å². The highest BCUT2D eigenvalue weighted by atomic mass is 16.6. The molecule has 0 fully saturated rings. The van der Waals surface area contributed by atoms with Crippen LogP contribution in [0.3, 0.4) is 0 Å². The van der Waals surface area contributed by atoms with Gasteiger partial charge in [0.05, 0.1) is 11.0 Å². The highest BCUT2D eigenvalue weighted by Gasteiger charge is 2.17. The number of rotatable bonds is 1.